The molecule has 4 amide bonds. The number of carbonyl (C=O) groups is 4. The summed E-state index contributed by atoms with van der Waals surface area (Å²) in [6.07, 6.45) is 6.49. The first kappa shape index (κ1) is 59.3. The number of sulfonamides is 1. The summed E-state index contributed by atoms with van der Waals surface area (Å²) in [7, 11) is -10.9. The maximum absolute atomic E-state index is 14.0. The number of carbonyl (C=O) groups excluding carboxylic acids is 4. The monoisotopic (exact) mass is 1170 g/mol. The average molecular weight is 1170 g/mol. The number of hydrogen-bond acceptors (Lipinski definition) is 13. The maximum atomic E-state index is 14.0. The fourth-order valence-electron chi connectivity index (χ4n) is 11.4. The molecule has 0 saturated carbocycles. The highest BCUT2D eigenvalue weighted by molar-refractivity contribution is 7.92. The first-order valence-corrected chi connectivity index (χ1v) is 30.9. The molecule has 4 aromatic carbocycles. The summed E-state index contributed by atoms with van der Waals surface area (Å²) >= 11 is 6.19. The fraction of sp³-hybridized carbons (Fsp3) is 0.458. The second kappa shape index (κ2) is 25.1. The van der Waals surface area contributed by atoms with Gasteiger partial charge in [0.1, 0.15) is 10.9 Å². The minimum Gasteiger partial charge on any atom is -0.384 e. The van der Waals surface area contributed by atoms with Crippen LogP contribution in [-0.2, 0) is 36.0 Å². The van der Waals surface area contributed by atoms with Crippen LogP contribution in [0.3, 0.4) is 0 Å². The van der Waals surface area contributed by atoms with Crippen LogP contribution < -0.4 is 20.3 Å². The van der Waals surface area contributed by atoms with E-state index >= 15 is 0 Å². The standard InChI is InChI=1S/C59H68ClF3N8O8S2/c1-58(2)25-24-48(42-12-16-45(60)17-13-42)44(38-58)39-69-33-35-70(36-34-69)46-18-14-43(15-19-46)55(73)66-81(78,79)47-20-21-51(53(37-47)80(76,77)59(61,62)63)64-26-8-28-68-31-29-67(30-32-68)27-6-4-3-5-9-41-10-7-11-49-50(41)40-71(57(49)75)52-22-23-54(72)65-56(52)74/h7,10-21,37,52,64H,3-4,6,8,22-36,38-40H2,1-2H3,(H,66,73)(H,65,72,74). The number of halogens is 4. The molecule has 0 radical (unpaired) electrons. The van der Waals surface area contributed by atoms with E-state index in [2.05, 4.69) is 68.1 Å². The highest BCUT2D eigenvalue weighted by Gasteiger charge is 2.48. The predicted octanol–water partition coefficient (Wildman–Crippen LogP) is 7.94. The van der Waals surface area contributed by atoms with Crippen molar-refractivity contribution >= 4 is 72.0 Å². The number of nitrogens with zero attached hydrogens (tertiary/aromatic N) is 5. The van der Waals surface area contributed by atoms with E-state index in [1.165, 1.54) is 33.7 Å². The normalized spacial score (nSPS) is 19.5. The molecule has 0 aromatic heterocycles. The molecule has 0 bridgehead atoms. The van der Waals surface area contributed by atoms with Crippen LogP contribution in [0.25, 0.3) is 5.57 Å². The number of unbranched alkanes of at least 4 members (excludes halogenated alkanes) is 2. The van der Waals surface area contributed by atoms with Crippen LogP contribution in [0.4, 0.5) is 24.5 Å². The summed E-state index contributed by atoms with van der Waals surface area (Å²) < 4.78 is 96.8. The van der Waals surface area contributed by atoms with Crippen molar-refractivity contribution in [2.45, 2.75) is 99.5 Å². The van der Waals surface area contributed by atoms with E-state index in [-0.39, 0.29) is 48.7 Å². The smallest absolute Gasteiger partial charge is 0.384 e. The molecule has 1 atom stereocenters. The minimum atomic E-state index is -6.03. The zero-order valence-electron chi connectivity index (χ0n) is 45.5. The van der Waals surface area contributed by atoms with Gasteiger partial charge in [0.05, 0.1) is 10.6 Å². The van der Waals surface area contributed by atoms with Crippen molar-refractivity contribution in [3.05, 3.63) is 123 Å². The van der Waals surface area contributed by atoms with Crippen molar-refractivity contribution in [2.24, 2.45) is 5.41 Å². The number of allylic oxidation sites excluding steroid dienone is 1. The highest BCUT2D eigenvalue weighted by atomic mass is 35.5. The van der Waals surface area contributed by atoms with Gasteiger partial charge in [-0.3, -0.25) is 29.4 Å². The van der Waals surface area contributed by atoms with Crippen LogP contribution in [0.2, 0.25) is 5.02 Å². The molecule has 3 saturated heterocycles. The van der Waals surface area contributed by atoms with Crippen molar-refractivity contribution < 1.29 is 49.2 Å². The predicted molar refractivity (Wildman–Crippen MR) is 305 cm³/mol. The van der Waals surface area contributed by atoms with E-state index in [9.17, 15) is 49.2 Å². The number of fused-ring (bicyclic) bond motifs is 1. The molecule has 0 spiro atoms. The van der Waals surface area contributed by atoms with Gasteiger partial charge < -0.3 is 24.9 Å². The molecule has 4 aromatic rings. The number of nitrogens with one attached hydrogen (secondary N) is 3. The Morgan fingerprint density at radius 3 is 2.17 bits per heavy atom. The third-order valence-corrected chi connectivity index (χ3v) is 19.1. The van der Waals surface area contributed by atoms with E-state index in [1.807, 2.05) is 22.9 Å². The second-order valence-electron chi connectivity index (χ2n) is 22.2. The van der Waals surface area contributed by atoms with Gasteiger partial charge in [-0.15, -0.1) is 0 Å². The van der Waals surface area contributed by atoms with E-state index < -0.39 is 58.7 Å². The average Bonchev–Trinajstić information content (AvgIpc) is 4.07. The number of imide groups is 1. The summed E-state index contributed by atoms with van der Waals surface area (Å²) in [5.41, 5.74) is 0.971. The van der Waals surface area contributed by atoms with Gasteiger partial charge in [0.15, 0.2) is 0 Å². The SMILES string of the molecule is CC1(C)CCC(c2ccc(Cl)cc2)=C(CN2CCN(c3ccc(C(=O)NS(=O)(=O)c4ccc(NCCCN5CCN(CCCCC#Cc6cccc7c6CN(C6CCC(=O)NC6=O)C7=O)CC5)c(S(=O)(=O)C(F)(F)F)c4)cc3)CC2)C1. The molecule has 22 heteroatoms. The molecule has 432 valence electrons. The topological polar surface area (TPSA) is 189 Å². The van der Waals surface area contributed by atoms with Gasteiger partial charge in [-0.1, -0.05) is 61.1 Å². The van der Waals surface area contributed by atoms with E-state index in [1.54, 1.807) is 24.3 Å². The largest absolute Gasteiger partial charge is 0.501 e. The number of hydrogen-bond donors (Lipinski definition) is 3. The van der Waals surface area contributed by atoms with Crippen molar-refractivity contribution in [3.63, 3.8) is 0 Å². The van der Waals surface area contributed by atoms with Crippen LogP contribution in [0.5, 0.6) is 0 Å². The van der Waals surface area contributed by atoms with E-state index in [0.717, 1.165) is 126 Å². The summed E-state index contributed by atoms with van der Waals surface area (Å²) in [4.78, 5) is 59.2. The lowest BCUT2D eigenvalue weighted by molar-refractivity contribution is -0.136. The quantitative estimate of drug-likeness (QED) is 0.0496. The number of sulfone groups is 1. The summed E-state index contributed by atoms with van der Waals surface area (Å²) in [5.74, 6) is 4.37. The Kier molecular flexibility index (Phi) is 18.4. The summed E-state index contributed by atoms with van der Waals surface area (Å²) in [5, 5.41) is 5.80. The van der Waals surface area contributed by atoms with Crippen LogP contribution >= 0.6 is 11.6 Å². The van der Waals surface area contributed by atoms with Crippen LogP contribution in [0.15, 0.2) is 100 Å². The van der Waals surface area contributed by atoms with Gasteiger partial charge in [-0.05, 0) is 147 Å². The number of alkyl halides is 3. The molecule has 3 N–H and O–H groups in total. The fourth-order valence-corrected chi connectivity index (χ4v) is 13.6. The lowest BCUT2D eigenvalue weighted by Gasteiger charge is -2.39. The number of rotatable bonds is 18. The lowest BCUT2D eigenvalue weighted by atomic mass is 9.73. The van der Waals surface area contributed by atoms with Gasteiger partial charge in [0, 0.05) is 112 Å². The number of anilines is 2. The van der Waals surface area contributed by atoms with Crippen molar-refractivity contribution in [1.82, 2.24) is 29.6 Å². The molecule has 81 heavy (non-hydrogen) atoms. The highest BCUT2D eigenvalue weighted by Crippen LogP contribution is 2.43. The molecular formula is C59H68ClF3N8O8S2. The number of piperazine rings is 2. The molecule has 16 nitrogen and oxygen atoms in total. The van der Waals surface area contributed by atoms with Crippen molar-refractivity contribution in [1.29, 1.82) is 0 Å². The van der Waals surface area contributed by atoms with Gasteiger partial charge in [0.2, 0.25) is 11.8 Å². The van der Waals surface area contributed by atoms with Gasteiger partial charge >= 0.3 is 5.51 Å². The van der Waals surface area contributed by atoms with Gasteiger partial charge in [0.25, 0.3) is 31.7 Å². The maximum Gasteiger partial charge on any atom is 0.501 e. The zero-order valence-corrected chi connectivity index (χ0v) is 47.9. The van der Waals surface area contributed by atoms with E-state index in [0.29, 0.717) is 36.0 Å². The van der Waals surface area contributed by atoms with Crippen LogP contribution in [0, 0.1) is 17.3 Å². The summed E-state index contributed by atoms with van der Waals surface area (Å²) in [6.45, 7) is 13.5. The number of piperidine rings is 1. The molecule has 3 fully saturated rings. The molecule has 1 aliphatic carbocycles. The third kappa shape index (κ3) is 14.3. The van der Waals surface area contributed by atoms with Crippen molar-refractivity contribution in [3.8, 4) is 11.8 Å². The molecular weight excluding hydrogens is 1110 g/mol. The van der Waals surface area contributed by atoms with E-state index in [4.69, 9.17) is 11.6 Å². The molecule has 4 heterocycles. The molecule has 5 aliphatic rings. The lowest BCUT2D eigenvalue weighted by Crippen LogP contribution is -2.52. The Bertz CT molecular complexity index is 3350. The second-order valence-corrected chi connectivity index (χ2v) is 26.3. The zero-order chi connectivity index (χ0) is 57.7. The number of amides is 4. The van der Waals surface area contributed by atoms with Crippen LogP contribution in [0.1, 0.15) is 109 Å². The van der Waals surface area contributed by atoms with Crippen LogP contribution in [-0.4, -0.2) is 150 Å². The summed E-state index contributed by atoms with van der Waals surface area (Å²) in [6, 6.07) is 21.5. The Labute approximate surface area is 477 Å². The molecule has 9 rings (SSSR count). The Hall–Kier alpha value is -6.28. The first-order chi connectivity index (χ1) is 38.5. The minimum absolute atomic E-state index is 0.0130. The van der Waals surface area contributed by atoms with Gasteiger partial charge in [-0.2, -0.15) is 13.2 Å². The Morgan fingerprint density at radius 1 is 0.815 bits per heavy atom. The van der Waals surface area contributed by atoms with Gasteiger partial charge in [-0.25, -0.2) is 21.6 Å². The Morgan fingerprint density at radius 2 is 1.49 bits per heavy atom. The molecule has 1 unspecified atom stereocenters. The third-order valence-electron chi connectivity index (χ3n) is 16.0. The Balaban J connectivity index is 0.713. The number of benzene rings is 4. The first-order valence-electron chi connectivity index (χ1n) is 27.6. The molecule has 4 aliphatic heterocycles. The van der Waals surface area contributed by atoms with Crippen molar-refractivity contribution in [2.75, 3.05) is 88.8 Å².